The maximum atomic E-state index is 9.75. The molecule has 1 aliphatic rings. The zero-order chi connectivity index (χ0) is 9.80. The van der Waals surface area contributed by atoms with Crippen LogP contribution in [0.25, 0.3) is 0 Å². The van der Waals surface area contributed by atoms with E-state index in [1.807, 2.05) is 12.1 Å². The minimum atomic E-state index is -0.439. The van der Waals surface area contributed by atoms with Crippen LogP contribution in [0.5, 0.6) is 0 Å². The van der Waals surface area contributed by atoms with Crippen molar-refractivity contribution in [3.8, 4) is 0 Å². The van der Waals surface area contributed by atoms with Crippen LogP contribution in [0.4, 0.5) is 0 Å². The normalized spacial score (nSPS) is 20.1. The lowest BCUT2D eigenvalue weighted by molar-refractivity contribution is 0.125. The van der Waals surface area contributed by atoms with Gasteiger partial charge in [0.15, 0.2) is 0 Å². The van der Waals surface area contributed by atoms with E-state index in [0.717, 1.165) is 13.0 Å². The lowest BCUT2D eigenvalue weighted by atomic mass is 10.2. The maximum Gasteiger partial charge on any atom is 0.132 e. The van der Waals surface area contributed by atoms with Gasteiger partial charge < -0.3 is 14.4 Å². The smallest absolute Gasteiger partial charge is 0.132 e. The van der Waals surface area contributed by atoms with E-state index in [0.29, 0.717) is 5.76 Å². The van der Waals surface area contributed by atoms with Crippen LogP contribution in [0, 0.1) is 0 Å². The van der Waals surface area contributed by atoms with Crippen LogP contribution in [-0.2, 0) is 0 Å². The lowest BCUT2D eigenvalue weighted by Gasteiger charge is -2.16. The Bertz CT molecular complexity index is 252. The van der Waals surface area contributed by atoms with E-state index in [-0.39, 0.29) is 0 Å². The minimum Gasteiger partial charge on any atom is -0.467 e. The standard InChI is InChI=1S/C11H17NO2/c13-10(11-4-3-9-14-11)5-8-12-6-1-2-7-12/h3-4,9-10,13H,1-2,5-8H2. The van der Waals surface area contributed by atoms with Crippen molar-refractivity contribution in [3.63, 3.8) is 0 Å². The average Bonchev–Trinajstić information content (AvgIpc) is 2.87. The Morgan fingerprint density at radius 1 is 1.43 bits per heavy atom. The Morgan fingerprint density at radius 2 is 2.21 bits per heavy atom. The van der Waals surface area contributed by atoms with Crippen LogP contribution in [0.3, 0.4) is 0 Å². The molecule has 3 nitrogen and oxygen atoms in total. The minimum absolute atomic E-state index is 0.439. The van der Waals surface area contributed by atoms with E-state index < -0.39 is 6.10 Å². The third-order valence-electron chi connectivity index (χ3n) is 2.79. The van der Waals surface area contributed by atoms with E-state index >= 15 is 0 Å². The summed E-state index contributed by atoms with van der Waals surface area (Å²) in [6.45, 7) is 3.34. The maximum absolute atomic E-state index is 9.75. The molecule has 0 saturated carbocycles. The fourth-order valence-corrected chi connectivity index (χ4v) is 1.93. The van der Waals surface area contributed by atoms with Crippen molar-refractivity contribution in [2.45, 2.75) is 25.4 Å². The van der Waals surface area contributed by atoms with Gasteiger partial charge in [0, 0.05) is 6.54 Å². The summed E-state index contributed by atoms with van der Waals surface area (Å²) >= 11 is 0. The number of hydrogen-bond donors (Lipinski definition) is 1. The van der Waals surface area contributed by atoms with E-state index in [1.54, 1.807) is 6.26 Å². The summed E-state index contributed by atoms with van der Waals surface area (Å²) in [5.74, 6) is 0.684. The summed E-state index contributed by atoms with van der Waals surface area (Å²) in [4.78, 5) is 2.40. The summed E-state index contributed by atoms with van der Waals surface area (Å²) in [5.41, 5.74) is 0. The number of hydrogen-bond acceptors (Lipinski definition) is 3. The molecule has 1 unspecified atom stereocenters. The van der Waals surface area contributed by atoms with Gasteiger partial charge in [-0.15, -0.1) is 0 Å². The Balaban J connectivity index is 1.74. The van der Waals surface area contributed by atoms with E-state index in [4.69, 9.17) is 4.42 Å². The van der Waals surface area contributed by atoms with Crippen LogP contribution in [0.2, 0.25) is 0 Å². The molecule has 0 bridgehead atoms. The molecule has 1 atom stereocenters. The fourth-order valence-electron chi connectivity index (χ4n) is 1.93. The molecule has 0 amide bonds. The highest BCUT2D eigenvalue weighted by molar-refractivity contribution is 5.01. The molecule has 1 aromatic heterocycles. The van der Waals surface area contributed by atoms with Gasteiger partial charge in [0.1, 0.15) is 11.9 Å². The van der Waals surface area contributed by atoms with Gasteiger partial charge in [0.25, 0.3) is 0 Å². The first-order chi connectivity index (χ1) is 6.86. The van der Waals surface area contributed by atoms with Crippen molar-refractivity contribution in [1.29, 1.82) is 0 Å². The summed E-state index contributed by atoms with van der Waals surface area (Å²) < 4.78 is 5.14. The molecule has 78 valence electrons. The third kappa shape index (κ3) is 2.36. The van der Waals surface area contributed by atoms with Crippen LogP contribution >= 0.6 is 0 Å². The van der Waals surface area contributed by atoms with Crippen molar-refractivity contribution >= 4 is 0 Å². The summed E-state index contributed by atoms with van der Waals surface area (Å²) in [6.07, 6.45) is 4.54. The first kappa shape index (κ1) is 9.74. The second-order valence-electron chi connectivity index (χ2n) is 3.87. The first-order valence-corrected chi connectivity index (χ1v) is 5.30. The quantitative estimate of drug-likeness (QED) is 0.796. The first-order valence-electron chi connectivity index (χ1n) is 5.30. The van der Waals surface area contributed by atoms with E-state index in [2.05, 4.69) is 4.90 Å². The molecular weight excluding hydrogens is 178 g/mol. The van der Waals surface area contributed by atoms with Crippen molar-refractivity contribution in [2.75, 3.05) is 19.6 Å². The number of furan rings is 1. The molecule has 2 heterocycles. The predicted molar refractivity (Wildman–Crippen MR) is 54.0 cm³/mol. The largest absolute Gasteiger partial charge is 0.467 e. The van der Waals surface area contributed by atoms with Gasteiger partial charge in [-0.3, -0.25) is 0 Å². The highest BCUT2D eigenvalue weighted by Crippen LogP contribution is 2.18. The molecule has 2 rings (SSSR count). The molecule has 0 radical (unpaired) electrons. The molecule has 0 spiro atoms. The lowest BCUT2D eigenvalue weighted by Crippen LogP contribution is -2.21. The molecule has 0 aromatic carbocycles. The zero-order valence-electron chi connectivity index (χ0n) is 8.35. The summed E-state index contributed by atoms with van der Waals surface area (Å²) in [6, 6.07) is 3.64. The van der Waals surface area contributed by atoms with Gasteiger partial charge in [0.2, 0.25) is 0 Å². The highest BCUT2D eigenvalue weighted by atomic mass is 16.4. The number of aliphatic hydroxyl groups is 1. The van der Waals surface area contributed by atoms with Crippen LogP contribution in [0.1, 0.15) is 31.1 Å². The Labute approximate surface area is 84.3 Å². The zero-order valence-corrected chi connectivity index (χ0v) is 8.35. The van der Waals surface area contributed by atoms with E-state index in [1.165, 1.54) is 25.9 Å². The van der Waals surface area contributed by atoms with Crippen molar-refractivity contribution in [1.82, 2.24) is 4.90 Å². The van der Waals surface area contributed by atoms with Gasteiger partial charge >= 0.3 is 0 Å². The van der Waals surface area contributed by atoms with Gasteiger partial charge in [0.05, 0.1) is 6.26 Å². The van der Waals surface area contributed by atoms with Crippen molar-refractivity contribution in [2.24, 2.45) is 0 Å². The highest BCUT2D eigenvalue weighted by Gasteiger charge is 2.15. The van der Waals surface area contributed by atoms with Crippen LogP contribution in [-0.4, -0.2) is 29.6 Å². The average molecular weight is 195 g/mol. The van der Waals surface area contributed by atoms with Gasteiger partial charge in [-0.25, -0.2) is 0 Å². The predicted octanol–water partition coefficient (Wildman–Crippen LogP) is 1.80. The van der Waals surface area contributed by atoms with Gasteiger partial charge in [-0.2, -0.15) is 0 Å². The third-order valence-corrected chi connectivity index (χ3v) is 2.79. The number of rotatable bonds is 4. The molecule has 1 fully saturated rings. The van der Waals surface area contributed by atoms with Crippen molar-refractivity contribution in [3.05, 3.63) is 24.2 Å². The summed E-state index contributed by atoms with van der Waals surface area (Å²) in [7, 11) is 0. The van der Waals surface area contributed by atoms with E-state index in [9.17, 15) is 5.11 Å². The molecule has 1 aliphatic heterocycles. The van der Waals surface area contributed by atoms with Gasteiger partial charge in [-0.05, 0) is 44.5 Å². The SMILES string of the molecule is OC(CCN1CCCC1)c1ccco1. The molecular formula is C11H17NO2. The van der Waals surface area contributed by atoms with Crippen LogP contribution in [0.15, 0.2) is 22.8 Å². The van der Waals surface area contributed by atoms with Crippen molar-refractivity contribution < 1.29 is 9.52 Å². The molecule has 14 heavy (non-hydrogen) atoms. The summed E-state index contributed by atoms with van der Waals surface area (Å²) in [5, 5.41) is 9.75. The Hall–Kier alpha value is -0.800. The Morgan fingerprint density at radius 3 is 2.86 bits per heavy atom. The fraction of sp³-hybridized carbons (Fsp3) is 0.636. The molecule has 3 heteroatoms. The molecule has 1 saturated heterocycles. The molecule has 1 aromatic rings. The molecule has 1 N–H and O–H groups in total. The number of likely N-dealkylation sites (tertiary alicyclic amines) is 1. The number of nitrogens with zero attached hydrogens (tertiary/aromatic N) is 1. The molecule has 0 aliphatic carbocycles. The number of aliphatic hydroxyl groups excluding tert-OH is 1. The van der Waals surface area contributed by atoms with Crippen LogP contribution < -0.4 is 0 Å². The topological polar surface area (TPSA) is 36.6 Å². The van der Waals surface area contributed by atoms with Gasteiger partial charge in [-0.1, -0.05) is 0 Å². The second kappa shape index (κ2) is 4.62. The monoisotopic (exact) mass is 195 g/mol. The Kier molecular flexibility index (Phi) is 3.22. The second-order valence-corrected chi connectivity index (χ2v) is 3.87.